The molecule has 0 N–H and O–H groups in total. The molecule has 1 aromatic heterocycles. The summed E-state index contributed by atoms with van der Waals surface area (Å²) in [4.78, 5) is 15.3. The van der Waals surface area contributed by atoms with Crippen LogP contribution in [-0.4, -0.2) is 51.8 Å². The minimum atomic E-state index is -0.0750. The number of carbonyl (C=O) groups is 1. The maximum absolute atomic E-state index is 13.1. The number of para-hydroxylation sites is 1. The summed E-state index contributed by atoms with van der Waals surface area (Å²) in [6.45, 7) is 5.94. The van der Waals surface area contributed by atoms with E-state index in [1.165, 1.54) is 11.8 Å². The molecule has 182 valence electrons. The van der Waals surface area contributed by atoms with Crippen molar-refractivity contribution in [2.45, 2.75) is 26.7 Å². The number of methoxy groups -OCH3 is 1. The number of hydrogen-bond donors (Lipinski definition) is 0. The Morgan fingerprint density at radius 2 is 1.94 bits per heavy atom. The van der Waals surface area contributed by atoms with Crippen molar-refractivity contribution in [3.8, 4) is 22.7 Å². The highest BCUT2D eigenvalue weighted by atomic mass is 32.2. The Balaban J connectivity index is 1.71. The molecule has 1 aliphatic heterocycles. The molecule has 0 unspecified atom stereocenters. The predicted octanol–water partition coefficient (Wildman–Crippen LogP) is 5.87. The molecule has 6 nitrogen and oxygen atoms in total. The summed E-state index contributed by atoms with van der Waals surface area (Å²) in [5.41, 5.74) is 4.60. The van der Waals surface area contributed by atoms with Gasteiger partial charge in [-0.05, 0) is 61.7 Å². The van der Waals surface area contributed by atoms with Crippen molar-refractivity contribution in [3.63, 3.8) is 0 Å². The number of hydrogen-bond acceptors (Lipinski definition) is 6. The van der Waals surface area contributed by atoms with Crippen molar-refractivity contribution >= 4 is 40.3 Å². The molecule has 1 fully saturated rings. The lowest BCUT2D eigenvalue weighted by molar-refractivity contribution is -0.122. The highest BCUT2D eigenvalue weighted by molar-refractivity contribution is 8.26. The number of carbonyl (C=O) groups excluding carboxylic acids is 1. The molecular formula is C27H29N3O3S2. The van der Waals surface area contributed by atoms with Gasteiger partial charge in [0.2, 0.25) is 0 Å². The van der Waals surface area contributed by atoms with E-state index in [0.717, 1.165) is 46.7 Å². The van der Waals surface area contributed by atoms with Gasteiger partial charge in [0, 0.05) is 37.6 Å². The zero-order chi connectivity index (χ0) is 24.8. The first-order valence-corrected chi connectivity index (χ1v) is 12.9. The Labute approximate surface area is 215 Å². The minimum Gasteiger partial charge on any atom is -0.493 e. The third-order valence-corrected chi connectivity index (χ3v) is 6.94. The largest absolute Gasteiger partial charge is 0.493 e. The molecule has 0 spiro atoms. The first-order chi connectivity index (χ1) is 17.0. The Bertz CT molecular complexity index is 1240. The summed E-state index contributed by atoms with van der Waals surface area (Å²) in [5, 5.41) is 4.90. The first kappa shape index (κ1) is 25.2. The van der Waals surface area contributed by atoms with Crippen LogP contribution in [0.4, 0.5) is 0 Å². The lowest BCUT2D eigenvalue weighted by Gasteiger charge is -2.13. The van der Waals surface area contributed by atoms with Crippen LogP contribution in [0.5, 0.6) is 5.75 Å². The molecule has 0 atom stereocenters. The zero-order valence-electron chi connectivity index (χ0n) is 20.2. The van der Waals surface area contributed by atoms with Crippen LogP contribution in [0.25, 0.3) is 23.0 Å². The molecule has 35 heavy (non-hydrogen) atoms. The van der Waals surface area contributed by atoms with Gasteiger partial charge in [0.25, 0.3) is 5.91 Å². The van der Waals surface area contributed by atoms with Crippen LogP contribution in [0.3, 0.4) is 0 Å². The standard InChI is InChI=1S/C27H29N3O3S2/c1-4-14-33-23-12-11-20(16-19(23)2)25-21(18-30(28-25)22-9-6-5-7-10-22)17-24-26(31)29(27(34)35-24)13-8-15-32-3/h5-7,9-12,16-18H,4,8,13-15H2,1-3H3/b24-17-. The fraction of sp³-hybridized carbons (Fsp3) is 0.296. The predicted molar refractivity (Wildman–Crippen MR) is 146 cm³/mol. The van der Waals surface area contributed by atoms with Gasteiger partial charge in [-0.2, -0.15) is 5.10 Å². The van der Waals surface area contributed by atoms with Crippen LogP contribution >= 0.6 is 24.0 Å². The molecule has 2 heterocycles. The lowest BCUT2D eigenvalue weighted by atomic mass is 10.0. The zero-order valence-corrected chi connectivity index (χ0v) is 21.8. The quantitative estimate of drug-likeness (QED) is 0.194. The number of aromatic nitrogens is 2. The molecule has 3 aromatic rings. The normalized spacial score (nSPS) is 14.8. The summed E-state index contributed by atoms with van der Waals surface area (Å²) in [6.07, 6.45) is 5.54. The van der Waals surface area contributed by atoms with Gasteiger partial charge < -0.3 is 9.47 Å². The number of nitrogens with zero attached hydrogens (tertiary/aromatic N) is 3. The summed E-state index contributed by atoms with van der Waals surface area (Å²) in [6, 6.07) is 16.0. The van der Waals surface area contributed by atoms with E-state index in [1.807, 2.05) is 66.3 Å². The number of thiocarbonyl (C=S) groups is 1. The molecule has 8 heteroatoms. The van der Waals surface area contributed by atoms with Gasteiger partial charge in [0.1, 0.15) is 15.8 Å². The average molecular weight is 508 g/mol. The van der Waals surface area contributed by atoms with Crippen LogP contribution in [0.2, 0.25) is 0 Å². The molecule has 0 bridgehead atoms. The average Bonchev–Trinajstić information content (AvgIpc) is 3.40. The van der Waals surface area contributed by atoms with Gasteiger partial charge in [-0.15, -0.1) is 0 Å². The Kier molecular flexibility index (Phi) is 8.38. The first-order valence-electron chi connectivity index (χ1n) is 11.6. The molecule has 0 radical (unpaired) electrons. The van der Waals surface area contributed by atoms with E-state index in [4.69, 9.17) is 26.8 Å². The number of aryl methyl sites for hydroxylation is 1. The van der Waals surface area contributed by atoms with Crippen LogP contribution < -0.4 is 4.74 Å². The summed E-state index contributed by atoms with van der Waals surface area (Å²) < 4.78 is 13.4. The second-order valence-corrected chi connectivity index (χ2v) is 9.90. The Hall–Kier alpha value is -2.94. The molecule has 1 aliphatic rings. The van der Waals surface area contributed by atoms with E-state index >= 15 is 0 Å². The van der Waals surface area contributed by atoms with Crippen molar-refractivity contribution in [2.24, 2.45) is 0 Å². The van der Waals surface area contributed by atoms with E-state index in [2.05, 4.69) is 13.0 Å². The topological polar surface area (TPSA) is 56.6 Å². The molecular weight excluding hydrogens is 478 g/mol. The molecule has 0 saturated carbocycles. The van der Waals surface area contributed by atoms with Crippen LogP contribution in [-0.2, 0) is 9.53 Å². The maximum Gasteiger partial charge on any atom is 0.266 e. The van der Waals surface area contributed by atoms with E-state index < -0.39 is 0 Å². The second kappa shape index (κ2) is 11.7. The highest BCUT2D eigenvalue weighted by Crippen LogP contribution is 2.35. The smallest absolute Gasteiger partial charge is 0.266 e. The van der Waals surface area contributed by atoms with Crippen molar-refractivity contribution in [1.29, 1.82) is 0 Å². The van der Waals surface area contributed by atoms with Gasteiger partial charge in [-0.1, -0.05) is 49.1 Å². The van der Waals surface area contributed by atoms with Crippen LogP contribution in [0.15, 0.2) is 59.6 Å². The monoisotopic (exact) mass is 507 g/mol. The van der Waals surface area contributed by atoms with Crippen molar-refractivity contribution in [3.05, 3.63) is 70.8 Å². The van der Waals surface area contributed by atoms with Crippen molar-refractivity contribution in [1.82, 2.24) is 14.7 Å². The van der Waals surface area contributed by atoms with Crippen LogP contribution in [0, 0.1) is 6.92 Å². The molecule has 4 rings (SSSR count). The maximum atomic E-state index is 13.1. The van der Waals surface area contributed by atoms with Gasteiger partial charge >= 0.3 is 0 Å². The van der Waals surface area contributed by atoms with Crippen molar-refractivity contribution in [2.75, 3.05) is 26.9 Å². The highest BCUT2D eigenvalue weighted by Gasteiger charge is 2.32. The Morgan fingerprint density at radius 3 is 2.66 bits per heavy atom. The van der Waals surface area contributed by atoms with Gasteiger partial charge in [0.05, 0.1) is 17.2 Å². The van der Waals surface area contributed by atoms with E-state index in [9.17, 15) is 4.79 Å². The fourth-order valence-electron chi connectivity index (χ4n) is 3.80. The van der Waals surface area contributed by atoms with Crippen molar-refractivity contribution < 1.29 is 14.3 Å². The summed E-state index contributed by atoms with van der Waals surface area (Å²) in [7, 11) is 1.65. The SMILES string of the molecule is CCCOc1ccc(-c2nn(-c3ccccc3)cc2/C=C2\SC(=S)N(CCCOC)C2=O)cc1C. The third kappa shape index (κ3) is 5.83. The molecule has 1 saturated heterocycles. The van der Waals surface area contributed by atoms with E-state index in [1.54, 1.807) is 12.0 Å². The van der Waals surface area contributed by atoms with Gasteiger partial charge in [-0.25, -0.2) is 4.68 Å². The summed E-state index contributed by atoms with van der Waals surface area (Å²) in [5.74, 6) is 0.797. The lowest BCUT2D eigenvalue weighted by Crippen LogP contribution is -2.29. The number of rotatable bonds is 10. The van der Waals surface area contributed by atoms with E-state index in [-0.39, 0.29) is 5.91 Å². The summed E-state index contributed by atoms with van der Waals surface area (Å²) >= 11 is 6.82. The number of ether oxygens (including phenoxy) is 2. The number of thioether (sulfide) groups is 1. The molecule has 0 aliphatic carbocycles. The van der Waals surface area contributed by atoms with Crippen LogP contribution in [0.1, 0.15) is 30.9 Å². The molecule has 1 amide bonds. The van der Waals surface area contributed by atoms with Gasteiger partial charge in [-0.3, -0.25) is 9.69 Å². The van der Waals surface area contributed by atoms with Gasteiger partial charge in [0.15, 0.2) is 0 Å². The number of amides is 1. The Morgan fingerprint density at radius 1 is 1.14 bits per heavy atom. The fourth-order valence-corrected chi connectivity index (χ4v) is 5.10. The minimum absolute atomic E-state index is 0.0750. The third-order valence-electron chi connectivity index (χ3n) is 5.56. The van der Waals surface area contributed by atoms with E-state index in [0.29, 0.717) is 29.0 Å². The second-order valence-electron chi connectivity index (χ2n) is 8.22. The molecule has 2 aromatic carbocycles. The number of benzene rings is 2.